The number of halogens is 2. The van der Waals surface area contributed by atoms with Crippen molar-refractivity contribution in [1.29, 1.82) is 0 Å². The highest BCUT2D eigenvalue weighted by molar-refractivity contribution is 9.11. The van der Waals surface area contributed by atoms with Gasteiger partial charge in [-0.25, -0.2) is 0 Å². The van der Waals surface area contributed by atoms with E-state index in [-0.39, 0.29) is 6.10 Å². The molecule has 1 unspecified atom stereocenters. The zero-order valence-corrected chi connectivity index (χ0v) is 18.3. The van der Waals surface area contributed by atoms with Crippen LogP contribution >= 0.6 is 31.9 Å². The van der Waals surface area contributed by atoms with E-state index in [1.54, 1.807) is 0 Å². The average Bonchev–Trinajstić information content (AvgIpc) is 3.07. The quantitative estimate of drug-likeness (QED) is 0.538. The summed E-state index contributed by atoms with van der Waals surface area (Å²) in [5.41, 5.74) is 3.44. The third kappa shape index (κ3) is 4.50. The molecule has 3 nitrogen and oxygen atoms in total. The summed E-state index contributed by atoms with van der Waals surface area (Å²) in [5, 5.41) is 0. The molecule has 0 radical (unpaired) electrons. The average molecular weight is 470 g/mol. The number of nitrogens with zero attached hydrogens (tertiary/aromatic N) is 1. The minimum Gasteiger partial charge on any atom is -0.489 e. The fraction of sp³-hybridized carbons (Fsp3) is 0.500. The Kier molecular flexibility index (Phi) is 6.29. The van der Waals surface area contributed by atoms with E-state index in [1.807, 2.05) is 6.07 Å². The number of aromatic nitrogens is 1. The van der Waals surface area contributed by atoms with E-state index >= 15 is 0 Å². The SMILES string of the molecule is CC(C)Oc1c(Br)cc(Br)cc1-c1ccc(C(C)N2CCCCC2)[nH]1. The molecule has 1 N–H and O–H groups in total. The molecule has 0 spiro atoms. The molecule has 0 aliphatic carbocycles. The van der Waals surface area contributed by atoms with Crippen LogP contribution in [0.25, 0.3) is 11.3 Å². The van der Waals surface area contributed by atoms with Gasteiger partial charge in [0.2, 0.25) is 0 Å². The summed E-state index contributed by atoms with van der Waals surface area (Å²) in [6, 6.07) is 8.93. The number of ether oxygens (including phenoxy) is 1. The number of aromatic amines is 1. The van der Waals surface area contributed by atoms with Crippen molar-refractivity contribution in [2.45, 2.75) is 52.2 Å². The van der Waals surface area contributed by atoms with Crippen molar-refractivity contribution in [3.63, 3.8) is 0 Å². The number of rotatable bonds is 5. The molecular formula is C20H26Br2N2O. The van der Waals surface area contributed by atoms with Gasteiger partial charge in [0.05, 0.1) is 10.6 Å². The lowest BCUT2D eigenvalue weighted by molar-refractivity contribution is 0.172. The highest BCUT2D eigenvalue weighted by Crippen LogP contribution is 2.40. The highest BCUT2D eigenvalue weighted by atomic mass is 79.9. The summed E-state index contributed by atoms with van der Waals surface area (Å²) in [4.78, 5) is 6.20. The third-order valence-corrected chi connectivity index (χ3v) is 5.80. The van der Waals surface area contributed by atoms with Gasteiger partial charge in [0.1, 0.15) is 5.75 Å². The van der Waals surface area contributed by atoms with E-state index in [0.29, 0.717) is 6.04 Å². The fourth-order valence-corrected chi connectivity index (χ4v) is 4.75. The van der Waals surface area contributed by atoms with Crippen molar-refractivity contribution in [3.05, 3.63) is 38.9 Å². The number of hydrogen-bond donors (Lipinski definition) is 1. The van der Waals surface area contributed by atoms with Crippen molar-refractivity contribution in [2.75, 3.05) is 13.1 Å². The number of H-pyrrole nitrogens is 1. The van der Waals surface area contributed by atoms with Gasteiger partial charge < -0.3 is 9.72 Å². The monoisotopic (exact) mass is 468 g/mol. The van der Waals surface area contributed by atoms with E-state index < -0.39 is 0 Å². The molecule has 0 saturated carbocycles. The van der Waals surface area contributed by atoms with E-state index in [2.05, 4.69) is 80.7 Å². The van der Waals surface area contributed by atoms with Gasteiger partial charge in [0.15, 0.2) is 0 Å². The van der Waals surface area contributed by atoms with Crippen LogP contribution in [0.2, 0.25) is 0 Å². The summed E-state index contributed by atoms with van der Waals surface area (Å²) < 4.78 is 8.07. The second kappa shape index (κ2) is 8.28. The Bertz CT molecular complexity index is 720. The molecule has 1 aliphatic rings. The minimum atomic E-state index is 0.123. The van der Waals surface area contributed by atoms with E-state index in [9.17, 15) is 0 Å². The Morgan fingerprint density at radius 1 is 1.04 bits per heavy atom. The van der Waals surface area contributed by atoms with Crippen molar-refractivity contribution in [1.82, 2.24) is 9.88 Å². The van der Waals surface area contributed by atoms with Gasteiger partial charge in [-0.15, -0.1) is 0 Å². The van der Waals surface area contributed by atoms with Crippen LogP contribution in [0.3, 0.4) is 0 Å². The molecular weight excluding hydrogens is 444 g/mol. The molecule has 1 aromatic heterocycles. The smallest absolute Gasteiger partial charge is 0.143 e. The lowest BCUT2D eigenvalue weighted by atomic mass is 10.1. The van der Waals surface area contributed by atoms with Crippen molar-refractivity contribution in [3.8, 4) is 17.0 Å². The van der Waals surface area contributed by atoms with Gasteiger partial charge in [-0.05, 0) is 86.9 Å². The molecule has 1 saturated heterocycles. The van der Waals surface area contributed by atoms with Crippen molar-refractivity contribution < 1.29 is 4.74 Å². The Labute approximate surface area is 167 Å². The summed E-state index contributed by atoms with van der Waals surface area (Å²) in [6.45, 7) is 8.79. The molecule has 0 bridgehead atoms. The molecule has 2 heterocycles. The van der Waals surface area contributed by atoms with Gasteiger partial charge in [-0.1, -0.05) is 22.4 Å². The first-order valence-electron chi connectivity index (χ1n) is 9.04. The Balaban J connectivity index is 1.91. The number of piperidine rings is 1. The second-order valence-electron chi connectivity index (χ2n) is 7.03. The van der Waals surface area contributed by atoms with Crippen LogP contribution in [0.4, 0.5) is 0 Å². The standard InChI is InChI=1S/C20H26Br2N2O/c1-13(2)25-20-16(11-15(21)12-17(20)22)19-8-7-18(23-19)14(3)24-9-5-4-6-10-24/h7-8,11-14,23H,4-6,9-10H2,1-3H3. The summed E-state index contributed by atoms with van der Waals surface area (Å²) in [5.74, 6) is 0.886. The largest absolute Gasteiger partial charge is 0.489 e. The van der Waals surface area contributed by atoms with E-state index in [0.717, 1.165) is 26.0 Å². The van der Waals surface area contributed by atoms with E-state index in [1.165, 1.54) is 38.0 Å². The molecule has 5 heteroatoms. The lowest BCUT2D eigenvalue weighted by Gasteiger charge is -2.31. The first-order chi connectivity index (χ1) is 12.0. The normalized spacial score (nSPS) is 17.0. The third-order valence-electron chi connectivity index (χ3n) is 4.75. The Morgan fingerprint density at radius 3 is 2.44 bits per heavy atom. The van der Waals surface area contributed by atoms with Crippen LogP contribution in [-0.4, -0.2) is 29.1 Å². The number of benzene rings is 1. The molecule has 0 amide bonds. The maximum Gasteiger partial charge on any atom is 0.143 e. The van der Waals surface area contributed by atoms with Crippen molar-refractivity contribution >= 4 is 31.9 Å². The molecule has 25 heavy (non-hydrogen) atoms. The van der Waals surface area contributed by atoms with Gasteiger partial charge >= 0.3 is 0 Å². The predicted octanol–water partition coefficient (Wildman–Crippen LogP) is 6.54. The topological polar surface area (TPSA) is 28.3 Å². The van der Waals surface area contributed by atoms with Gasteiger partial charge in [0, 0.05) is 27.5 Å². The van der Waals surface area contributed by atoms with E-state index in [4.69, 9.17) is 4.74 Å². The Hall–Kier alpha value is -0.780. The van der Waals surface area contributed by atoms with Gasteiger partial charge in [-0.2, -0.15) is 0 Å². The highest BCUT2D eigenvalue weighted by Gasteiger charge is 2.21. The minimum absolute atomic E-state index is 0.123. The first-order valence-corrected chi connectivity index (χ1v) is 10.6. The predicted molar refractivity (Wildman–Crippen MR) is 111 cm³/mol. The van der Waals surface area contributed by atoms with Crippen LogP contribution in [0.5, 0.6) is 5.75 Å². The summed E-state index contributed by atoms with van der Waals surface area (Å²) >= 11 is 7.25. The molecule has 1 atom stereocenters. The zero-order chi connectivity index (χ0) is 18.0. The number of likely N-dealkylation sites (tertiary alicyclic amines) is 1. The molecule has 1 fully saturated rings. The molecule has 2 aromatic rings. The van der Waals surface area contributed by atoms with Crippen LogP contribution in [0.15, 0.2) is 33.2 Å². The molecule has 3 rings (SSSR count). The maximum atomic E-state index is 6.07. The van der Waals surface area contributed by atoms with Crippen LogP contribution in [-0.2, 0) is 0 Å². The van der Waals surface area contributed by atoms with Crippen LogP contribution in [0, 0.1) is 0 Å². The van der Waals surface area contributed by atoms with Crippen molar-refractivity contribution in [2.24, 2.45) is 0 Å². The summed E-state index contributed by atoms with van der Waals surface area (Å²) in [7, 11) is 0. The van der Waals surface area contributed by atoms with Crippen LogP contribution in [0.1, 0.15) is 51.8 Å². The second-order valence-corrected chi connectivity index (χ2v) is 8.80. The lowest BCUT2D eigenvalue weighted by Crippen LogP contribution is -2.32. The fourth-order valence-electron chi connectivity index (χ4n) is 3.43. The van der Waals surface area contributed by atoms with Gasteiger partial charge in [-0.3, -0.25) is 4.90 Å². The zero-order valence-electron chi connectivity index (χ0n) is 15.1. The molecule has 136 valence electrons. The molecule has 1 aliphatic heterocycles. The van der Waals surface area contributed by atoms with Gasteiger partial charge in [0.25, 0.3) is 0 Å². The number of nitrogens with one attached hydrogen (secondary N) is 1. The Morgan fingerprint density at radius 2 is 1.76 bits per heavy atom. The molecule has 1 aromatic carbocycles. The summed E-state index contributed by atoms with van der Waals surface area (Å²) in [6.07, 6.45) is 4.10. The van der Waals surface area contributed by atoms with Crippen LogP contribution < -0.4 is 4.74 Å². The first kappa shape index (κ1) is 19.0. The number of hydrogen-bond acceptors (Lipinski definition) is 2. The maximum absolute atomic E-state index is 6.07.